The van der Waals surface area contributed by atoms with Crippen LogP contribution in [0.25, 0.3) is 32.6 Å². The van der Waals surface area contributed by atoms with E-state index in [1.165, 1.54) is 16.2 Å². The number of fused-ring (bicyclic) bond motifs is 1. The van der Waals surface area contributed by atoms with Crippen molar-refractivity contribution in [2.24, 2.45) is 11.1 Å². The second-order valence-electron chi connectivity index (χ2n) is 10.1. The summed E-state index contributed by atoms with van der Waals surface area (Å²) in [5, 5.41) is 13.5. The molecule has 0 aliphatic heterocycles. The van der Waals surface area contributed by atoms with E-state index >= 15 is 0 Å². The zero-order valence-electron chi connectivity index (χ0n) is 21.9. The van der Waals surface area contributed by atoms with E-state index < -0.39 is 17.4 Å². The number of thiazole rings is 1. The minimum absolute atomic E-state index is 0.256. The number of rotatable bonds is 8. The highest BCUT2D eigenvalue weighted by Gasteiger charge is 2.37. The number of nitrogens with zero attached hydrogens (tertiary/aromatic N) is 5. The van der Waals surface area contributed by atoms with Crippen LogP contribution >= 0.6 is 11.3 Å². The number of amides is 2. The predicted octanol–water partition coefficient (Wildman–Crippen LogP) is 4.84. The number of hydrogen-bond donors (Lipinski definition) is 3. The van der Waals surface area contributed by atoms with E-state index in [9.17, 15) is 14.7 Å². The minimum atomic E-state index is -0.714. The van der Waals surface area contributed by atoms with Crippen molar-refractivity contribution < 1.29 is 14.7 Å². The van der Waals surface area contributed by atoms with Gasteiger partial charge in [-0.1, -0.05) is 17.4 Å². The molecule has 39 heavy (non-hydrogen) atoms. The van der Waals surface area contributed by atoms with Gasteiger partial charge in [-0.3, -0.25) is 14.7 Å². The third-order valence-corrected chi connectivity index (χ3v) is 8.55. The molecule has 202 valence electrons. The van der Waals surface area contributed by atoms with Crippen LogP contribution in [0.15, 0.2) is 48.9 Å². The number of pyridine rings is 1. The molecule has 0 radical (unpaired) electrons. The van der Waals surface area contributed by atoms with Crippen molar-refractivity contribution in [2.45, 2.75) is 52.1 Å². The van der Waals surface area contributed by atoms with Gasteiger partial charge >= 0.3 is 12.0 Å². The third kappa shape index (κ3) is 5.59. The average Bonchev–Trinajstić information content (AvgIpc) is 3.36. The molecule has 0 bridgehead atoms. The number of aliphatic carboxylic acids is 1. The molecule has 3 heterocycles. The van der Waals surface area contributed by atoms with Crippen LogP contribution in [0.4, 0.5) is 9.93 Å². The van der Waals surface area contributed by atoms with E-state index in [1.54, 1.807) is 18.6 Å². The molecule has 2 amide bonds. The fourth-order valence-corrected chi connectivity index (χ4v) is 6.04. The number of carbonyl (C=O) groups is 2. The molecule has 3 aromatic heterocycles. The standard InChI is InChI=1S/C28H31N7O3S/c1-3-35(26(29)38)27-34-22-13-17(12-20(24(22)39-27)21-6-4-5-11-30-21)18-14-32-23(33-15-18)16-31-19-7-9-28(2,10-8-19)25(36)37/h4-6,11-15,19,31H,3,7-10,16H2,1-2H3,(H2,29,38)(H,36,37). The largest absolute Gasteiger partial charge is 0.481 e. The second kappa shape index (κ2) is 11.0. The van der Waals surface area contributed by atoms with Crippen molar-refractivity contribution in [3.05, 3.63) is 54.7 Å². The number of nitrogens with one attached hydrogen (secondary N) is 1. The van der Waals surface area contributed by atoms with Gasteiger partial charge in [-0.05, 0) is 69.4 Å². The molecule has 0 atom stereocenters. The molecule has 1 aliphatic carbocycles. The molecule has 4 N–H and O–H groups in total. The first-order valence-corrected chi connectivity index (χ1v) is 13.8. The molecule has 5 rings (SSSR count). The maximum atomic E-state index is 11.9. The van der Waals surface area contributed by atoms with E-state index in [-0.39, 0.29) is 6.04 Å². The molecular formula is C28H31N7O3S. The monoisotopic (exact) mass is 545 g/mol. The normalized spacial score (nSPS) is 19.2. The summed E-state index contributed by atoms with van der Waals surface area (Å²) < 4.78 is 0.917. The van der Waals surface area contributed by atoms with Crippen LogP contribution in [0, 0.1) is 5.41 Å². The molecule has 0 saturated heterocycles. The van der Waals surface area contributed by atoms with E-state index in [0.717, 1.165) is 45.4 Å². The molecule has 4 aromatic rings. The Hall–Kier alpha value is -3.96. The van der Waals surface area contributed by atoms with Crippen molar-refractivity contribution in [1.82, 2.24) is 25.3 Å². The Morgan fingerprint density at radius 1 is 1.15 bits per heavy atom. The van der Waals surface area contributed by atoms with Crippen LogP contribution in [0.5, 0.6) is 0 Å². The number of carboxylic acid groups (broad SMARTS) is 1. The zero-order chi connectivity index (χ0) is 27.6. The van der Waals surface area contributed by atoms with Crippen LogP contribution in [-0.2, 0) is 11.3 Å². The number of aromatic nitrogens is 4. The van der Waals surface area contributed by atoms with E-state index in [0.29, 0.717) is 36.9 Å². The van der Waals surface area contributed by atoms with Gasteiger partial charge in [0, 0.05) is 42.3 Å². The number of primary amides is 1. The average molecular weight is 546 g/mol. The maximum Gasteiger partial charge on any atom is 0.321 e. The number of benzene rings is 1. The van der Waals surface area contributed by atoms with Gasteiger partial charge in [0.1, 0.15) is 5.82 Å². The van der Waals surface area contributed by atoms with Gasteiger partial charge in [-0.2, -0.15) is 0 Å². The van der Waals surface area contributed by atoms with Gasteiger partial charge in [-0.15, -0.1) is 0 Å². The predicted molar refractivity (Wildman–Crippen MR) is 151 cm³/mol. The van der Waals surface area contributed by atoms with Crippen molar-refractivity contribution in [3.63, 3.8) is 0 Å². The number of carboxylic acids is 1. The lowest BCUT2D eigenvalue weighted by Gasteiger charge is -2.34. The Kier molecular flexibility index (Phi) is 7.53. The fraction of sp³-hybridized carbons (Fsp3) is 0.357. The number of anilines is 1. The highest BCUT2D eigenvalue weighted by atomic mass is 32.1. The Morgan fingerprint density at radius 3 is 2.51 bits per heavy atom. The summed E-state index contributed by atoms with van der Waals surface area (Å²) in [5.41, 5.74) is 9.13. The SMILES string of the molecule is CCN(C(N)=O)c1nc2cc(-c3cnc(CNC4CCC(C)(C(=O)O)CC4)nc3)cc(-c3ccccn3)c2s1. The van der Waals surface area contributed by atoms with E-state index in [2.05, 4.69) is 20.3 Å². The lowest BCUT2D eigenvalue weighted by atomic mass is 9.74. The van der Waals surface area contributed by atoms with Gasteiger partial charge in [-0.25, -0.2) is 19.7 Å². The Labute approximate surface area is 230 Å². The van der Waals surface area contributed by atoms with Crippen LogP contribution in [-0.4, -0.2) is 49.6 Å². The van der Waals surface area contributed by atoms with E-state index in [4.69, 9.17) is 10.7 Å². The molecule has 1 aromatic carbocycles. The summed E-state index contributed by atoms with van der Waals surface area (Å²) in [6.45, 7) is 4.62. The first-order valence-electron chi connectivity index (χ1n) is 13.0. The first kappa shape index (κ1) is 26.6. The Morgan fingerprint density at radius 2 is 1.90 bits per heavy atom. The first-order chi connectivity index (χ1) is 18.8. The fourth-order valence-electron chi connectivity index (χ4n) is 4.90. The summed E-state index contributed by atoms with van der Waals surface area (Å²) in [6.07, 6.45) is 8.30. The third-order valence-electron chi connectivity index (χ3n) is 7.43. The number of urea groups is 1. The quantitative estimate of drug-likeness (QED) is 0.285. The summed E-state index contributed by atoms with van der Waals surface area (Å²) in [5.74, 6) is -0.0407. The summed E-state index contributed by atoms with van der Waals surface area (Å²) in [4.78, 5) is 43.3. The molecule has 1 fully saturated rings. The van der Waals surface area contributed by atoms with Crippen molar-refractivity contribution in [3.8, 4) is 22.4 Å². The molecule has 1 aliphatic rings. The molecular weight excluding hydrogens is 514 g/mol. The van der Waals surface area contributed by atoms with Gasteiger partial charge in [0.25, 0.3) is 0 Å². The van der Waals surface area contributed by atoms with Crippen LogP contribution < -0.4 is 16.0 Å². The maximum absolute atomic E-state index is 11.9. The summed E-state index contributed by atoms with van der Waals surface area (Å²) in [6, 6.07) is 9.47. The smallest absolute Gasteiger partial charge is 0.321 e. The van der Waals surface area contributed by atoms with Crippen LogP contribution in [0.2, 0.25) is 0 Å². The Balaban J connectivity index is 1.38. The highest BCUT2D eigenvalue weighted by molar-refractivity contribution is 7.23. The number of nitrogens with two attached hydrogens (primary N) is 1. The lowest BCUT2D eigenvalue weighted by molar-refractivity contribution is -0.150. The number of carbonyl (C=O) groups excluding carboxylic acids is 1. The molecule has 11 heteroatoms. The summed E-state index contributed by atoms with van der Waals surface area (Å²) in [7, 11) is 0. The van der Waals surface area contributed by atoms with Crippen molar-refractivity contribution in [2.75, 3.05) is 11.4 Å². The van der Waals surface area contributed by atoms with E-state index in [1.807, 2.05) is 44.2 Å². The highest BCUT2D eigenvalue weighted by Crippen LogP contribution is 2.39. The topological polar surface area (TPSA) is 147 Å². The second-order valence-corrected chi connectivity index (χ2v) is 11.1. The Bertz CT molecular complexity index is 1480. The van der Waals surface area contributed by atoms with Gasteiger partial charge in [0.2, 0.25) is 0 Å². The van der Waals surface area contributed by atoms with Gasteiger partial charge < -0.3 is 16.2 Å². The van der Waals surface area contributed by atoms with Crippen LogP contribution in [0.3, 0.4) is 0 Å². The lowest BCUT2D eigenvalue weighted by Crippen LogP contribution is -2.39. The van der Waals surface area contributed by atoms with Gasteiger partial charge in [0.15, 0.2) is 5.13 Å². The van der Waals surface area contributed by atoms with Crippen molar-refractivity contribution in [1.29, 1.82) is 0 Å². The zero-order valence-corrected chi connectivity index (χ0v) is 22.7. The minimum Gasteiger partial charge on any atom is -0.481 e. The molecule has 10 nitrogen and oxygen atoms in total. The van der Waals surface area contributed by atoms with Gasteiger partial charge in [0.05, 0.1) is 27.9 Å². The molecule has 0 spiro atoms. The summed E-state index contributed by atoms with van der Waals surface area (Å²) >= 11 is 1.41. The van der Waals surface area contributed by atoms with Crippen molar-refractivity contribution >= 4 is 38.7 Å². The van der Waals surface area contributed by atoms with Crippen LogP contribution in [0.1, 0.15) is 45.4 Å². The number of hydrogen-bond acceptors (Lipinski definition) is 8. The molecule has 1 saturated carbocycles. The molecule has 0 unspecified atom stereocenters.